The number of benzene rings is 4. The molecule has 142 valence electrons. The standard InChI is InChI=1S/C20H8O9/c21-9-2-7-12(8-4-29-20(28)14(8)9)18(26)15-6(16(7)24)1-5-13(19(15)27)10(22)3-11(23)17(5)25/h1-3,21-22,27H,4H2. The molecule has 0 amide bonds. The highest BCUT2D eigenvalue weighted by Gasteiger charge is 2.31. The molecule has 1 aliphatic rings. The fraction of sp³-hybridized carbons (Fsp3) is 0.0500. The third-order valence-corrected chi connectivity index (χ3v) is 5.20. The van der Waals surface area contributed by atoms with E-state index in [9.17, 15) is 39.3 Å². The Kier molecular flexibility index (Phi) is 3.00. The Morgan fingerprint density at radius 1 is 0.690 bits per heavy atom. The molecule has 1 aliphatic heterocycles. The molecular formula is C20H8O9. The summed E-state index contributed by atoms with van der Waals surface area (Å²) < 4.78 is 4.85. The zero-order valence-electron chi connectivity index (χ0n) is 14.2. The molecule has 0 aromatic heterocycles. The monoisotopic (exact) mass is 392 g/mol. The van der Waals surface area contributed by atoms with Gasteiger partial charge in [0, 0.05) is 33.2 Å². The van der Waals surface area contributed by atoms with Gasteiger partial charge in [0.05, 0.1) is 10.8 Å². The predicted octanol–water partition coefficient (Wildman–Crippen LogP) is 0.250. The Hall–Kier alpha value is -4.27. The van der Waals surface area contributed by atoms with E-state index < -0.39 is 61.1 Å². The molecule has 9 nitrogen and oxygen atoms in total. The summed E-state index contributed by atoms with van der Waals surface area (Å²) in [6, 6.07) is 2.52. The molecule has 3 N–H and O–H groups in total. The highest BCUT2D eigenvalue weighted by Crippen LogP contribution is 2.38. The normalized spacial score (nSPS) is 13.3. The van der Waals surface area contributed by atoms with E-state index in [1.54, 1.807) is 0 Å². The Morgan fingerprint density at radius 2 is 1.34 bits per heavy atom. The van der Waals surface area contributed by atoms with Crippen molar-refractivity contribution in [3.8, 4) is 17.2 Å². The quantitative estimate of drug-likeness (QED) is 0.217. The van der Waals surface area contributed by atoms with E-state index >= 15 is 0 Å². The van der Waals surface area contributed by atoms with E-state index in [0.29, 0.717) is 6.07 Å². The van der Waals surface area contributed by atoms with Crippen LogP contribution in [0.2, 0.25) is 0 Å². The van der Waals surface area contributed by atoms with Crippen LogP contribution in [0, 0.1) is 0 Å². The SMILES string of the molecule is O=C1OCc2c1c(O)cc1c(=O)c3cc4c(=O)c(=O)cc(O)c4c(O)c3c(=O)c21. The topological polar surface area (TPSA) is 155 Å². The van der Waals surface area contributed by atoms with Crippen molar-refractivity contribution in [1.29, 1.82) is 0 Å². The van der Waals surface area contributed by atoms with E-state index in [1.165, 1.54) is 0 Å². The molecule has 0 fully saturated rings. The second-order valence-corrected chi connectivity index (χ2v) is 6.70. The van der Waals surface area contributed by atoms with Gasteiger partial charge < -0.3 is 20.1 Å². The molecule has 0 atom stereocenters. The largest absolute Gasteiger partial charge is 0.507 e. The predicted molar refractivity (Wildman–Crippen MR) is 101 cm³/mol. The number of fused-ring (bicyclic) bond motifs is 5. The number of carbonyl (C=O) groups excluding carboxylic acids is 1. The lowest BCUT2D eigenvalue weighted by atomic mass is 9.93. The second-order valence-electron chi connectivity index (χ2n) is 6.70. The molecule has 0 saturated heterocycles. The van der Waals surface area contributed by atoms with Gasteiger partial charge in [-0.1, -0.05) is 0 Å². The Balaban J connectivity index is 2.16. The Bertz CT molecular complexity index is 1670. The third-order valence-electron chi connectivity index (χ3n) is 5.20. The van der Waals surface area contributed by atoms with Gasteiger partial charge in [-0.3, -0.25) is 19.2 Å². The summed E-state index contributed by atoms with van der Waals surface area (Å²) >= 11 is 0. The first-order chi connectivity index (χ1) is 13.7. The summed E-state index contributed by atoms with van der Waals surface area (Å²) in [5.41, 5.74) is -3.99. The van der Waals surface area contributed by atoms with Crippen LogP contribution in [-0.2, 0) is 11.3 Å². The molecule has 0 saturated carbocycles. The van der Waals surface area contributed by atoms with Crippen LogP contribution >= 0.6 is 0 Å². The summed E-state index contributed by atoms with van der Waals surface area (Å²) in [5.74, 6) is -2.95. The van der Waals surface area contributed by atoms with Crippen molar-refractivity contribution in [2.24, 2.45) is 0 Å². The maximum atomic E-state index is 13.2. The fourth-order valence-corrected chi connectivity index (χ4v) is 3.92. The lowest BCUT2D eigenvalue weighted by Crippen LogP contribution is -2.23. The number of hydrogen-bond donors (Lipinski definition) is 3. The van der Waals surface area contributed by atoms with Crippen LogP contribution in [0.15, 0.2) is 37.4 Å². The molecule has 0 aliphatic carbocycles. The zero-order valence-corrected chi connectivity index (χ0v) is 14.2. The number of esters is 1. The van der Waals surface area contributed by atoms with Gasteiger partial charge in [-0.25, -0.2) is 4.79 Å². The van der Waals surface area contributed by atoms with Crippen LogP contribution < -0.4 is 21.7 Å². The van der Waals surface area contributed by atoms with Crippen molar-refractivity contribution in [2.75, 3.05) is 0 Å². The number of ether oxygens (including phenoxy) is 1. The first kappa shape index (κ1) is 16.9. The van der Waals surface area contributed by atoms with Gasteiger partial charge in [0.15, 0.2) is 10.9 Å². The number of rotatable bonds is 0. The molecule has 1 heterocycles. The highest BCUT2D eigenvalue weighted by atomic mass is 16.5. The van der Waals surface area contributed by atoms with Crippen molar-refractivity contribution >= 4 is 38.3 Å². The van der Waals surface area contributed by atoms with Gasteiger partial charge in [-0.2, -0.15) is 0 Å². The number of phenols is 3. The van der Waals surface area contributed by atoms with Crippen molar-refractivity contribution in [2.45, 2.75) is 6.61 Å². The molecule has 9 heteroatoms. The van der Waals surface area contributed by atoms with E-state index in [-0.39, 0.29) is 33.9 Å². The summed E-state index contributed by atoms with van der Waals surface area (Å²) in [6.07, 6.45) is 0. The van der Waals surface area contributed by atoms with Crippen LogP contribution in [0.4, 0.5) is 0 Å². The minimum absolute atomic E-state index is 0.0112. The van der Waals surface area contributed by atoms with Gasteiger partial charge in [-0.15, -0.1) is 0 Å². The average molecular weight is 392 g/mol. The van der Waals surface area contributed by atoms with Crippen LogP contribution in [0.5, 0.6) is 17.2 Å². The van der Waals surface area contributed by atoms with Gasteiger partial charge in [0.1, 0.15) is 29.4 Å². The minimum atomic E-state index is -1.06. The smallest absolute Gasteiger partial charge is 0.342 e. The van der Waals surface area contributed by atoms with Gasteiger partial charge >= 0.3 is 5.97 Å². The van der Waals surface area contributed by atoms with Crippen LogP contribution in [-0.4, -0.2) is 21.3 Å². The molecule has 5 rings (SSSR count). The lowest BCUT2D eigenvalue weighted by molar-refractivity contribution is 0.0533. The van der Waals surface area contributed by atoms with E-state index in [0.717, 1.165) is 12.1 Å². The fourth-order valence-electron chi connectivity index (χ4n) is 3.92. The van der Waals surface area contributed by atoms with Gasteiger partial charge in [-0.05, 0) is 12.1 Å². The molecule has 0 unspecified atom stereocenters. The van der Waals surface area contributed by atoms with E-state index in [2.05, 4.69) is 0 Å². The zero-order chi connectivity index (χ0) is 20.8. The first-order valence-electron chi connectivity index (χ1n) is 8.27. The third kappa shape index (κ3) is 1.90. The Morgan fingerprint density at radius 3 is 2.07 bits per heavy atom. The summed E-state index contributed by atoms with van der Waals surface area (Å²) in [5, 5.41) is 28.7. The van der Waals surface area contributed by atoms with Crippen LogP contribution in [0.25, 0.3) is 32.3 Å². The second kappa shape index (κ2) is 5.16. The van der Waals surface area contributed by atoms with Crippen molar-refractivity contribution in [1.82, 2.24) is 0 Å². The maximum Gasteiger partial charge on any atom is 0.342 e. The molecular weight excluding hydrogens is 384 g/mol. The van der Waals surface area contributed by atoms with Crippen LogP contribution in [0.1, 0.15) is 15.9 Å². The average Bonchev–Trinajstić information content (AvgIpc) is 3.05. The number of hydrogen-bond acceptors (Lipinski definition) is 9. The molecule has 0 bridgehead atoms. The minimum Gasteiger partial charge on any atom is -0.507 e. The molecule has 0 spiro atoms. The molecule has 0 radical (unpaired) electrons. The molecule has 4 aromatic carbocycles. The van der Waals surface area contributed by atoms with Gasteiger partial charge in [0.2, 0.25) is 10.9 Å². The summed E-state index contributed by atoms with van der Waals surface area (Å²) in [6.45, 7) is -0.344. The number of cyclic esters (lactones) is 1. The summed E-state index contributed by atoms with van der Waals surface area (Å²) in [7, 11) is 0. The lowest BCUT2D eigenvalue weighted by Gasteiger charge is -2.09. The highest BCUT2D eigenvalue weighted by molar-refractivity contribution is 6.13. The Labute approximate surface area is 158 Å². The molecule has 4 aromatic rings. The van der Waals surface area contributed by atoms with E-state index in [1.807, 2.05) is 0 Å². The first-order valence-corrected chi connectivity index (χ1v) is 8.27. The number of phenolic OH excluding ortho intramolecular Hbond substituents is 3. The van der Waals surface area contributed by atoms with Crippen molar-refractivity contribution < 1.29 is 24.9 Å². The van der Waals surface area contributed by atoms with Crippen molar-refractivity contribution in [3.63, 3.8) is 0 Å². The number of aromatic hydroxyl groups is 3. The molecule has 29 heavy (non-hydrogen) atoms. The van der Waals surface area contributed by atoms with Crippen LogP contribution in [0.3, 0.4) is 0 Å². The van der Waals surface area contributed by atoms with Gasteiger partial charge in [0.25, 0.3) is 0 Å². The van der Waals surface area contributed by atoms with E-state index in [4.69, 9.17) is 4.74 Å². The van der Waals surface area contributed by atoms with Crippen molar-refractivity contribution in [3.05, 3.63) is 70.2 Å². The maximum absolute atomic E-state index is 13.2. The summed E-state index contributed by atoms with van der Waals surface area (Å²) in [4.78, 5) is 61.9. The number of carbonyl (C=O) groups is 1.